The van der Waals surface area contributed by atoms with Crippen LogP contribution in [-0.2, 0) is 9.59 Å². The summed E-state index contributed by atoms with van der Waals surface area (Å²) in [5.41, 5.74) is 0.769. The molecule has 0 radical (unpaired) electrons. The highest BCUT2D eigenvalue weighted by Gasteiger charge is 2.08. The van der Waals surface area contributed by atoms with Gasteiger partial charge in [0.05, 0.1) is 5.75 Å². The third-order valence-electron chi connectivity index (χ3n) is 3.37. The van der Waals surface area contributed by atoms with Crippen molar-refractivity contribution >= 4 is 29.3 Å². The monoisotopic (exact) mass is 336 g/mol. The van der Waals surface area contributed by atoms with Crippen LogP contribution in [0.4, 0.5) is 5.69 Å². The Morgan fingerprint density at radius 2 is 1.74 bits per heavy atom. The highest BCUT2D eigenvalue weighted by molar-refractivity contribution is 8.00. The van der Waals surface area contributed by atoms with Gasteiger partial charge in [0, 0.05) is 23.5 Å². The molecule has 0 saturated carbocycles. The van der Waals surface area contributed by atoms with Crippen LogP contribution in [0, 0.1) is 5.92 Å². The average molecular weight is 337 g/mol. The lowest BCUT2D eigenvalue weighted by Gasteiger charge is -2.14. The molecule has 1 rings (SSSR count). The SMILES string of the molecule is CC(=O)Nc1ccc(SCC(=O)NC(C)CCCC(C)C)cc1. The van der Waals surface area contributed by atoms with E-state index in [1.165, 1.54) is 25.1 Å². The molecule has 0 aliphatic rings. The minimum Gasteiger partial charge on any atom is -0.353 e. The number of thioether (sulfide) groups is 1. The number of carbonyl (C=O) groups excluding carboxylic acids is 2. The van der Waals surface area contributed by atoms with Crippen molar-refractivity contribution in [2.75, 3.05) is 11.1 Å². The van der Waals surface area contributed by atoms with E-state index >= 15 is 0 Å². The minimum atomic E-state index is -0.0868. The van der Waals surface area contributed by atoms with E-state index in [4.69, 9.17) is 0 Å². The molecule has 0 saturated heterocycles. The molecule has 1 unspecified atom stereocenters. The maximum absolute atomic E-state index is 11.9. The third-order valence-corrected chi connectivity index (χ3v) is 4.38. The molecule has 0 aliphatic carbocycles. The van der Waals surface area contributed by atoms with Gasteiger partial charge in [0.2, 0.25) is 11.8 Å². The van der Waals surface area contributed by atoms with Gasteiger partial charge in [-0.15, -0.1) is 11.8 Å². The molecule has 0 spiro atoms. The molecule has 2 N–H and O–H groups in total. The molecule has 1 aromatic carbocycles. The van der Waals surface area contributed by atoms with Gasteiger partial charge in [0.1, 0.15) is 0 Å². The summed E-state index contributed by atoms with van der Waals surface area (Å²) in [6, 6.07) is 7.74. The number of anilines is 1. The lowest BCUT2D eigenvalue weighted by Crippen LogP contribution is -2.33. The molecule has 0 aromatic heterocycles. The molecule has 1 aromatic rings. The fourth-order valence-corrected chi connectivity index (χ4v) is 2.92. The van der Waals surface area contributed by atoms with Crippen LogP contribution in [0.1, 0.15) is 47.0 Å². The molecule has 0 fully saturated rings. The summed E-state index contributed by atoms with van der Waals surface area (Å²) in [6.07, 6.45) is 3.38. The zero-order valence-electron chi connectivity index (χ0n) is 14.5. The van der Waals surface area contributed by atoms with Crippen molar-refractivity contribution in [2.24, 2.45) is 5.92 Å². The predicted octanol–water partition coefficient (Wildman–Crippen LogP) is 4.07. The van der Waals surface area contributed by atoms with E-state index in [0.717, 1.165) is 23.4 Å². The van der Waals surface area contributed by atoms with Crippen LogP contribution in [0.3, 0.4) is 0 Å². The number of rotatable bonds is 9. The van der Waals surface area contributed by atoms with Gasteiger partial charge in [-0.25, -0.2) is 0 Å². The van der Waals surface area contributed by atoms with Crippen LogP contribution in [0.25, 0.3) is 0 Å². The smallest absolute Gasteiger partial charge is 0.230 e. The quantitative estimate of drug-likeness (QED) is 0.668. The molecule has 4 nitrogen and oxygen atoms in total. The summed E-state index contributed by atoms with van der Waals surface area (Å²) < 4.78 is 0. The molecular weight excluding hydrogens is 308 g/mol. The van der Waals surface area contributed by atoms with Gasteiger partial charge in [-0.05, 0) is 43.5 Å². The summed E-state index contributed by atoms with van der Waals surface area (Å²) in [5.74, 6) is 1.11. The summed E-state index contributed by atoms with van der Waals surface area (Å²) in [4.78, 5) is 23.9. The van der Waals surface area contributed by atoms with Crippen LogP contribution in [0.15, 0.2) is 29.2 Å². The highest BCUT2D eigenvalue weighted by atomic mass is 32.2. The van der Waals surface area contributed by atoms with Gasteiger partial charge in [0.15, 0.2) is 0 Å². The van der Waals surface area contributed by atoms with Crippen molar-refractivity contribution in [3.63, 3.8) is 0 Å². The molecule has 0 bridgehead atoms. The number of benzene rings is 1. The van der Waals surface area contributed by atoms with E-state index in [0.29, 0.717) is 11.7 Å². The first-order valence-electron chi connectivity index (χ1n) is 8.16. The lowest BCUT2D eigenvalue weighted by atomic mass is 10.0. The summed E-state index contributed by atoms with van der Waals surface area (Å²) in [5, 5.41) is 5.77. The number of amides is 2. The first kappa shape index (κ1) is 19.6. The van der Waals surface area contributed by atoms with Gasteiger partial charge < -0.3 is 10.6 Å². The van der Waals surface area contributed by atoms with E-state index < -0.39 is 0 Å². The van der Waals surface area contributed by atoms with Gasteiger partial charge in [0.25, 0.3) is 0 Å². The zero-order chi connectivity index (χ0) is 17.2. The van der Waals surface area contributed by atoms with Crippen molar-refractivity contribution in [3.05, 3.63) is 24.3 Å². The van der Waals surface area contributed by atoms with Gasteiger partial charge in [-0.2, -0.15) is 0 Å². The van der Waals surface area contributed by atoms with Crippen molar-refractivity contribution in [1.82, 2.24) is 5.32 Å². The topological polar surface area (TPSA) is 58.2 Å². The Labute approximate surface area is 143 Å². The van der Waals surface area contributed by atoms with Crippen LogP contribution >= 0.6 is 11.8 Å². The standard InChI is InChI=1S/C18H28N2O2S/c1-13(2)6-5-7-14(3)19-18(22)12-23-17-10-8-16(9-11-17)20-15(4)21/h8-11,13-14H,5-7,12H2,1-4H3,(H,19,22)(H,20,21). The fourth-order valence-electron chi connectivity index (χ4n) is 2.21. The molecule has 0 heterocycles. The van der Waals surface area contributed by atoms with Crippen molar-refractivity contribution in [1.29, 1.82) is 0 Å². The second kappa shape index (κ2) is 10.3. The second-order valence-corrected chi connectivity index (χ2v) is 7.34. The predicted molar refractivity (Wildman–Crippen MR) is 97.8 cm³/mol. The molecule has 1 atom stereocenters. The number of hydrogen-bond donors (Lipinski definition) is 2. The summed E-state index contributed by atoms with van der Waals surface area (Å²) in [6.45, 7) is 7.98. The van der Waals surface area contributed by atoms with Crippen molar-refractivity contribution in [2.45, 2.75) is 57.9 Å². The highest BCUT2D eigenvalue weighted by Crippen LogP contribution is 2.20. The number of carbonyl (C=O) groups is 2. The molecule has 0 aliphatic heterocycles. The Morgan fingerprint density at radius 3 is 2.30 bits per heavy atom. The second-order valence-electron chi connectivity index (χ2n) is 6.29. The summed E-state index contributed by atoms with van der Waals surface area (Å²) in [7, 11) is 0. The van der Waals surface area contributed by atoms with E-state index in [1.807, 2.05) is 24.3 Å². The largest absolute Gasteiger partial charge is 0.353 e. The van der Waals surface area contributed by atoms with Crippen LogP contribution in [0.5, 0.6) is 0 Å². The summed E-state index contributed by atoms with van der Waals surface area (Å²) >= 11 is 1.50. The Kier molecular flexibility index (Phi) is 8.77. The van der Waals surface area contributed by atoms with E-state index in [1.54, 1.807) is 0 Å². The first-order valence-corrected chi connectivity index (χ1v) is 9.15. The average Bonchev–Trinajstić information content (AvgIpc) is 2.45. The Hall–Kier alpha value is -1.49. The van der Waals surface area contributed by atoms with Gasteiger partial charge in [-0.3, -0.25) is 9.59 Å². The van der Waals surface area contributed by atoms with E-state index in [-0.39, 0.29) is 17.9 Å². The number of hydrogen-bond acceptors (Lipinski definition) is 3. The van der Waals surface area contributed by atoms with E-state index in [2.05, 4.69) is 31.4 Å². The fraction of sp³-hybridized carbons (Fsp3) is 0.556. The first-order chi connectivity index (χ1) is 10.9. The van der Waals surface area contributed by atoms with E-state index in [9.17, 15) is 9.59 Å². The molecule has 23 heavy (non-hydrogen) atoms. The van der Waals surface area contributed by atoms with Crippen LogP contribution in [-0.4, -0.2) is 23.6 Å². The van der Waals surface area contributed by atoms with Crippen LogP contribution in [0.2, 0.25) is 0 Å². The van der Waals surface area contributed by atoms with Gasteiger partial charge in [-0.1, -0.05) is 26.7 Å². The Balaban J connectivity index is 2.28. The molecular formula is C18H28N2O2S. The molecule has 2 amide bonds. The molecule has 5 heteroatoms. The van der Waals surface area contributed by atoms with Gasteiger partial charge >= 0.3 is 0 Å². The normalized spacial score (nSPS) is 12.0. The lowest BCUT2D eigenvalue weighted by molar-refractivity contribution is -0.119. The maximum atomic E-state index is 11.9. The Morgan fingerprint density at radius 1 is 1.09 bits per heavy atom. The maximum Gasteiger partial charge on any atom is 0.230 e. The number of nitrogens with one attached hydrogen (secondary N) is 2. The third kappa shape index (κ3) is 9.29. The Bertz CT molecular complexity index is 500. The van der Waals surface area contributed by atoms with Crippen molar-refractivity contribution in [3.8, 4) is 0 Å². The minimum absolute atomic E-state index is 0.0676. The zero-order valence-corrected chi connectivity index (χ0v) is 15.3. The molecule has 128 valence electrons. The van der Waals surface area contributed by atoms with Crippen molar-refractivity contribution < 1.29 is 9.59 Å². The van der Waals surface area contributed by atoms with Crippen LogP contribution < -0.4 is 10.6 Å².